The molecular formula is C27H43BrO5. The number of aliphatic hydroxyl groups excluding tert-OH is 1. The number of hydrogen-bond donors (Lipinski definition) is 1. The first kappa shape index (κ1) is 25.5. The van der Waals surface area contributed by atoms with Crippen LogP contribution < -0.4 is 0 Å². The molecule has 5 nitrogen and oxygen atoms in total. The standard InChI is InChI=1S/C27H43BrO5/c1-15(6-11-22(30)32-5)20-9-10-21-19-8-7-17-14-18(33-16(2)29)12-13-26(17,3)23(19)24(31)25(28)27(20,21)4/h15,17-21,23-25,31H,6-14H2,1-5H3/t15-,17-,18-,19+,20-,21+,23-,24?,25?,26+,27-/m1/s1. The largest absolute Gasteiger partial charge is 0.469 e. The van der Waals surface area contributed by atoms with E-state index >= 15 is 0 Å². The number of ether oxygens (including phenoxy) is 2. The van der Waals surface area contributed by atoms with Gasteiger partial charge in [-0.2, -0.15) is 0 Å². The van der Waals surface area contributed by atoms with Gasteiger partial charge in [0.2, 0.25) is 0 Å². The van der Waals surface area contributed by atoms with Crippen LogP contribution in [-0.2, 0) is 19.1 Å². The van der Waals surface area contributed by atoms with Gasteiger partial charge in [-0.05, 0) is 97.7 Å². The molecule has 0 saturated heterocycles. The molecule has 1 N–H and O–H groups in total. The monoisotopic (exact) mass is 526 g/mol. The van der Waals surface area contributed by atoms with Gasteiger partial charge in [0.05, 0.1) is 13.2 Å². The third-order valence-corrected chi connectivity index (χ3v) is 12.3. The molecule has 4 saturated carbocycles. The van der Waals surface area contributed by atoms with Gasteiger partial charge in [-0.15, -0.1) is 0 Å². The Kier molecular flexibility index (Phi) is 7.29. The van der Waals surface area contributed by atoms with Gasteiger partial charge in [0.1, 0.15) is 6.10 Å². The zero-order valence-corrected chi connectivity index (χ0v) is 22.6. The summed E-state index contributed by atoms with van der Waals surface area (Å²) in [7, 11) is 1.46. The molecule has 0 aromatic rings. The van der Waals surface area contributed by atoms with E-state index in [0.717, 1.165) is 32.1 Å². The maximum absolute atomic E-state index is 11.9. The molecule has 4 aliphatic rings. The summed E-state index contributed by atoms with van der Waals surface area (Å²) in [6.45, 7) is 8.62. The molecule has 6 heteroatoms. The number of fused-ring (bicyclic) bond motifs is 5. The third-order valence-electron chi connectivity index (χ3n) is 10.8. The molecule has 0 aromatic heterocycles. The summed E-state index contributed by atoms with van der Waals surface area (Å²) in [6, 6.07) is 0. The lowest BCUT2D eigenvalue weighted by atomic mass is 9.43. The summed E-state index contributed by atoms with van der Waals surface area (Å²) in [6.07, 6.45) is 8.58. The molecule has 0 radical (unpaired) electrons. The zero-order chi connectivity index (χ0) is 24.1. The normalized spacial score (nSPS) is 47.6. The number of hydrogen-bond acceptors (Lipinski definition) is 5. The molecule has 33 heavy (non-hydrogen) atoms. The van der Waals surface area contributed by atoms with E-state index in [2.05, 4.69) is 36.7 Å². The van der Waals surface area contributed by atoms with Crippen molar-refractivity contribution in [2.45, 2.75) is 103 Å². The van der Waals surface area contributed by atoms with Crippen LogP contribution in [0.5, 0.6) is 0 Å². The Hall–Kier alpha value is -0.620. The highest BCUT2D eigenvalue weighted by atomic mass is 79.9. The van der Waals surface area contributed by atoms with E-state index in [-0.39, 0.29) is 39.8 Å². The number of carbonyl (C=O) groups excluding carboxylic acids is 2. The highest BCUT2D eigenvalue weighted by Crippen LogP contribution is 2.69. The lowest BCUT2D eigenvalue weighted by Crippen LogP contribution is -2.64. The Bertz CT molecular complexity index is 757. The van der Waals surface area contributed by atoms with Gasteiger partial charge < -0.3 is 14.6 Å². The van der Waals surface area contributed by atoms with Gasteiger partial charge >= 0.3 is 11.9 Å². The predicted molar refractivity (Wildman–Crippen MR) is 131 cm³/mol. The second-order valence-electron chi connectivity index (χ2n) is 12.1. The van der Waals surface area contributed by atoms with E-state index in [1.54, 1.807) is 0 Å². The van der Waals surface area contributed by atoms with Crippen LogP contribution in [-0.4, -0.2) is 41.2 Å². The van der Waals surface area contributed by atoms with Crippen molar-refractivity contribution >= 4 is 27.9 Å². The quantitative estimate of drug-likeness (QED) is 0.377. The maximum atomic E-state index is 11.9. The summed E-state index contributed by atoms with van der Waals surface area (Å²) in [5.41, 5.74) is 0.134. The first-order valence-corrected chi connectivity index (χ1v) is 14.0. The van der Waals surface area contributed by atoms with Crippen LogP contribution in [0, 0.1) is 46.3 Å². The predicted octanol–water partition coefficient (Wildman–Crippen LogP) is 5.51. The molecule has 0 amide bonds. The molecule has 0 heterocycles. The van der Waals surface area contributed by atoms with Crippen LogP contribution in [0.4, 0.5) is 0 Å². The molecule has 0 aliphatic heterocycles. The fourth-order valence-corrected chi connectivity index (χ4v) is 10.2. The van der Waals surface area contributed by atoms with E-state index in [1.807, 2.05) is 0 Å². The van der Waals surface area contributed by atoms with Crippen molar-refractivity contribution in [3.63, 3.8) is 0 Å². The van der Waals surface area contributed by atoms with Gasteiger partial charge in [-0.25, -0.2) is 0 Å². The number of alkyl halides is 1. The number of halogens is 1. The number of carbonyl (C=O) groups is 2. The lowest BCUT2D eigenvalue weighted by molar-refractivity contribution is -0.182. The Morgan fingerprint density at radius 1 is 1.15 bits per heavy atom. The summed E-state index contributed by atoms with van der Waals surface area (Å²) in [5.74, 6) is 2.56. The van der Waals surface area contributed by atoms with Gasteiger partial charge in [0, 0.05) is 18.2 Å². The van der Waals surface area contributed by atoms with E-state index < -0.39 is 0 Å². The molecule has 0 bridgehead atoms. The summed E-state index contributed by atoms with van der Waals surface area (Å²) in [4.78, 5) is 23.3. The molecule has 11 atom stereocenters. The van der Waals surface area contributed by atoms with Crippen molar-refractivity contribution in [3.05, 3.63) is 0 Å². The number of rotatable bonds is 5. The van der Waals surface area contributed by atoms with E-state index in [1.165, 1.54) is 33.3 Å². The van der Waals surface area contributed by atoms with Crippen molar-refractivity contribution in [2.24, 2.45) is 46.3 Å². The SMILES string of the molecule is COC(=O)CC[C@@H](C)[C@H]1CC[C@H]2[C@@H]3CC[C@@H]4C[C@H](OC(C)=O)CC[C@]4(C)[C@H]3C(O)C(Br)[C@]12C. The fourth-order valence-electron chi connectivity index (χ4n) is 9.20. The molecular weight excluding hydrogens is 484 g/mol. The Balaban J connectivity index is 1.55. The lowest BCUT2D eigenvalue weighted by Gasteiger charge is -2.64. The molecule has 0 aromatic carbocycles. The molecule has 188 valence electrons. The summed E-state index contributed by atoms with van der Waals surface area (Å²) < 4.78 is 10.5. The Morgan fingerprint density at radius 3 is 2.55 bits per heavy atom. The van der Waals surface area contributed by atoms with E-state index in [0.29, 0.717) is 41.9 Å². The Labute approximate surface area is 207 Å². The number of methoxy groups -OCH3 is 1. The van der Waals surface area contributed by atoms with Crippen LogP contribution in [0.1, 0.15) is 85.5 Å². The second kappa shape index (κ2) is 9.44. The Morgan fingerprint density at radius 2 is 1.88 bits per heavy atom. The second-order valence-corrected chi connectivity index (χ2v) is 13.1. The first-order chi connectivity index (χ1) is 15.5. The van der Waals surface area contributed by atoms with Crippen molar-refractivity contribution in [1.29, 1.82) is 0 Å². The summed E-state index contributed by atoms with van der Waals surface area (Å²) in [5, 5.41) is 11.9. The molecule has 4 fully saturated rings. The molecule has 4 aliphatic carbocycles. The number of esters is 2. The average molecular weight is 528 g/mol. The van der Waals surface area contributed by atoms with Gasteiger partial charge in [-0.3, -0.25) is 9.59 Å². The van der Waals surface area contributed by atoms with Crippen LogP contribution in [0.15, 0.2) is 0 Å². The minimum atomic E-state index is -0.372. The molecule has 4 rings (SSSR count). The fraction of sp³-hybridized carbons (Fsp3) is 0.926. The number of aliphatic hydroxyl groups is 1. The molecule has 2 unspecified atom stereocenters. The third kappa shape index (κ3) is 4.19. The summed E-state index contributed by atoms with van der Waals surface area (Å²) >= 11 is 4.06. The van der Waals surface area contributed by atoms with Crippen LogP contribution >= 0.6 is 15.9 Å². The highest BCUT2D eigenvalue weighted by Gasteiger charge is 2.66. The van der Waals surface area contributed by atoms with Gasteiger partial charge in [0.15, 0.2) is 0 Å². The van der Waals surface area contributed by atoms with E-state index in [9.17, 15) is 14.7 Å². The minimum Gasteiger partial charge on any atom is -0.469 e. The van der Waals surface area contributed by atoms with Crippen LogP contribution in [0.2, 0.25) is 0 Å². The van der Waals surface area contributed by atoms with Gasteiger partial charge in [0.25, 0.3) is 0 Å². The minimum absolute atomic E-state index is 0.0360. The average Bonchev–Trinajstić information content (AvgIpc) is 3.13. The van der Waals surface area contributed by atoms with Crippen LogP contribution in [0.3, 0.4) is 0 Å². The topological polar surface area (TPSA) is 72.8 Å². The van der Waals surface area contributed by atoms with Crippen molar-refractivity contribution in [3.8, 4) is 0 Å². The maximum Gasteiger partial charge on any atom is 0.305 e. The molecule has 0 spiro atoms. The zero-order valence-electron chi connectivity index (χ0n) is 21.0. The van der Waals surface area contributed by atoms with Gasteiger partial charge in [-0.1, -0.05) is 36.7 Å². The smallest absolute Gasteiger partial charge is 0.305 e. The van der Waals surface area contributed by atoms with Crippen molar-refractivity contribution < 1.29 is 24.2 Å². The highest BCUT2D eigenvalue weighted by molar-refractivity contribution is 9.09. The first-order valence-electron chi connectivity index (χ1n) is 13.1. The van der Waals surface area contributed by atoms with Crippen molar-refractivity contribution in [1.82, 2.24) is 0 Å². The van der Waals surface area contributed by atoms with E-state index in [4.69, 9.17) is 9.47 Å². The van der Waals surface area contributed by atoms with Crippen molar-refractivity contribution in [2.75, 3.05) is 7.11 Å². The van der Waals surface area contributed by atoms with Crippen LogP contribution in [0.25, 0.3) is 0 Å².